The lowest BCUT2D eigenvalue weighted by Gasteiger charge is -2.38. The normalized spacial score (nSPS) is 23.0. The Bertz CT molecular complexity index is 644. The van der Waals surface area contributed by atoms with Crippen LogP contribution in [-0.4, -0.2) is 42.3 Å². The SMILES string of the molecule is CC1CCCN(S(=O)(=O)c2cc(C(N)=O)n(C)c2)C1CN.Cl. The second-order valence-corrected chi connectivity index (χ2v) is 7.47. The Morgan fingerprint density at radius 3 is 2.59 bits per heavy atom. The molecule has 2 heterocycles. The van der Waals surface area contributed by atoms with Gasteiger partial charge in [-0.25, -0.2) is 8.42 Å². The molecule has 1 aromatic heterocycles. The zero-order chi connectivity index (χ0) is 15.8. The van der Waals surface area contributed by atoms with Crippen molar-refractivity contribution in [2.24, 2.45) is 24.4 Å². The van der Waals surface area contributed by atoms with Crippen molar-refractivity contribution in [3.05, 3.63) is 18.0 Å². The molecule has 126 valence electrons. The third kappa shape index (κ3) is 3.29. The van der Waals surface area contributed by atoms with Crippen molar-refractivity contribution in [1.29, 1.82) is 0 Å². The van der Waals surface area contributed by atoms with Gasteiger partial charge in [-0.15, -0.1) is 12.4 Å². The summed E-state index contributed by atoms with van der Waals surface area (Å²) in [5.74, 6) is -0.431. The van der Waals surface area contributed by atoms with Gasteiger partial charge >= 0.3 is 0 Å². The van der Waals surface area contributed by atoms with E-state index in [1.54, 1.807) is 7.05 Å². The number of nitrogens with two attached hydrogens (primary N) is 2. The maximum atomic E-state index is 12.8. The number of hydrogen-bond donors (Lipinski definition) is 2. The molecule has 1 amide bonds. The molecular weight excluding hydrogens is 328 g/mol. The molecule has 4 N–H and O–H groups in total. The van der Waals surface area contributed by atoms with Gasteiger partial charge in [0.05, 0.1) is 0 Å². The maximum Gasteiger partial charge on any atom is 0.265 e. The Morgan fingerprint density at radius 1 is 1.45 bits per heavy atom. The second-order valence-electron chi connectivity index (χ2n) is 5.57. The predicted octanol–water partition coefficient (Wildman–Crippen LogP) is 0.294. The Balaban J connectivity index is 0.00000242. The predicted molar refractivity (Wildman–Crippen MR) is 86.3 cm³/mol. The molecule has 9 heteroatoms. The highest BCUT2D eigenvalue weighted by Gasteiger charge is 2.37. The highest BCUT2D eigenvalue weighted by molar-refractivity contribution is 7.89. The minimum absolute atomic E-state index is 0. The van der Waals surface area contributed by atoms with Gasteiger partial charge in [0, 0.05) is 32.4 Å². The summed E-state index contributed by atoms with van der Waals surface area (Å²) in [5.41, 5.74) is 11.2. The molecular formula is C13H23ClN4O3S. The Hall–Kier alpha value is -1.09. The van der Waals surface area contributed by atoms with E-state index in [-0.39, 0.29) is 41.5 Å². The van der Waals surface area contributed by atoms with Gasteiger partial charge < -0.3 is 16.0 Å². The molecule has 0 bridgehead atoms. The van der Waals surface area contributed by atoms with Crippen LogP contribution in [0.5, 0.6) is 0 Å². The fourth-order valence-electron chi connectivity index (χ4n) is 2.92. The summed E-state index contributed by atoms with van der Waals surface area (Å²) >= 11 is 0. The number of carbonyl (C=O) groups excluding carboxylic acids is 1. The number of nitrogens with zero attached hydrogens (tertiary/aromatic N) is 2. The van der Waals surface area contributed by atoms with Crippen LogP contribution in [0.1, 0.15) is 30.3 Å². The second kappa shape index (κ2) is 6.99. The lowest BCUT2D eigenvalue weighted by molar-refractivity contribution is 0.0992. The average Bonchev–Trinajstić information content (AvgIpc) is 2.81. The molecule has 1 aromatic rings. The van der Waals surface area contributed by atoms with Crippen molar-refractivity contribution in [1.82, 2.24) is 8.87 Å². The topological polar surface area (TPSA) is 111 Å². The molecule has 0 radical (unpaired) electrons. The van der Waals surface area contributed by atoms with E-state index in [9.17, 15) is 13.2 Å². The first kappa shape index (κ1) is 19.0. The molecule has 0 aliphatic carbocycles. The monoisotopic (exact) mass is 350 g/mol. The van der Waals surface area contributed by atoms with Crippen LogP contribution in [0, 0.1) is 5.92 Å². The molecule has 22 heavy (non-hydrogen) atoms. The highest BCUT2D eigenvalue weighted by Crippen LogP contribution is 2.29. The molecule has 1 aliphatic rings. The molecule has 0 spiro atoms. The van der Waals surface area contributed by atoms with Crippen LogP contribution in [-0.2, 0) is 17.1 Å². The first-order valence-corrected chi connectivity index (χ1v) is 8.41. The number of amides is 1. The quantitative estimate of drug-likeness (QED) is 0.812. The summed E-state index contributed by atoms with van der Waals surface area (Å²) in [4.78, 5) is 11.4. The molecule has 1 fully saturated rings. The van der Waals surface area contributed by atoms with Gasteiger partial charge in [-0.1, -0.05) is 6.92 Å². The fourth-order valence-corrected chi connectivity index (χ4v) is 4.76. The van der Waals surface area contributed by atoms with E-state index in [1.807, 2.05) is 6.92 Å². The van der Waals surface area contributed by atoms with Crippen LogP contribution < -0.4 is 11.5 Å². The van der Waals surface area contributed by atoms with Crippen molar-refractivity contribution < 1.29 is 13.2 Å². The van der Waals surface area contributed by atoms with Gasteiger partial charge in [0.2, 0.25) is 10.0 Å². The Labute approximate surface area is 137 Å². The van der Waals surface area contributed by atoms with E-state index in [1.165, 1.54) is 21.1 Å². The van der Waals surface area contributed by atoms with Gasteiger partial charge in [0.25, 0.3) is 5.91 Å². The minimum atomic E-state index is -3.67. The van der Waals surface area contributed by atoms with Gasteiger partial charge in [0.1, 0.15) is 10.6 Å². The number of piperidine rings is 1. The molecule has 7 nitrogen and oxygen atoms in total. The number of carbonyl (C=O) groups is 1. The number of rotatable bonds is 4. The zero-order valence-electron chi connectivity index (χ0n) is 12.7. The Kier molecular flexibility index (Phi) is 6.03. The summed E-state index contributed by atoms with van der Waals surface area (Å²) in [6.45, 7) is 2.75. The van der Waals surface area contributed by atoms with Crippen molar-refractivity contribution in [2.45, 2.75) is 30.7 Å². The lowest BCUT2D eigenvalue weighted by atomic mass is 9.93. The van der Waals surface area contributed by atoms with E-state index in [0.29, 0.717) is 6.54 Å². The molecule has 2 unspecified atom stereocenters. The number of hydrogen-bond acceptors (Lipinski definition) is 4. The summed E-state index contributed by atoms with van der Waals surface area (Å²) in [6.07, 6.45) is 3.20. The summed E-state index contributed by atoms with van der Waals surface area (Å²) in [6, 6.07) is 1.12. The lowest BCUT2D eigenvalue weighted by Crippen LogP contribution is -2.51. The largest absolute Gasteiger partial charge is 0.364 e. The molecule has 2 rings (SSSR count). The number of aromatic nitrogens is 1. The maximum absolute atomic E-state index is 12.8. The van der Waals surface area contributed by atoms with Crippen LogP contribution in [0.2, 0.25) is 0 Å². The van der Waals surface area contributed by atoms with E-state index < -0.39 is 15.9 Å². The van der Waals surface area contributed by atoms with Crippen molar-refractivity contribution in [3.63, 3.8) is 0 Å². The van der Waals surface area contributed by atoms with Gasteiger partial charge in [-0.05, 0) is 24.8 Å². The van der Waals surface area contributed by atoms with Crippen molar-refractivity contribution in [2.75, 3.05) is 13.1 Å². The minimum Gasteiger partial charge on any atom is -0.364 e. The van der Waals surface area contributed by atoms with Gasteiger partial charge in [-0.3, -0.25) is 4.79 Å². The smallest absolute Gasteiger partial charge is 0.265 e. The Morgan fingerprint density at radius 2 is 2.09 bits per heavy atom. The molecule has 2 atom stereocenters. The van der Waals surface area contributed by atoms with Gasteiger partial charge in [-0.2, -0.15) is 4.31 Å². The van der Waals surface area contributed by atoms with Crippen LogP contribution in [0.25, 0.3) is 0 Å². The number of primary amides is 1. The third-order valence-corrected chi connectivity index (χ3v) is 6.03. The first-order chi connectivity index (χ1) is 9.78. The van der Waals surface area contributed by atoms with Crippen LogP contribution in [0.3, 0.4) is 0 Å². The van der Waals surface area contributed by atoms with E-state index in [2.05, 4.69) is 0 Å². The number of halogens is 1. The third-order valence-electron chi connectivity index (χ3n) is 4.15. The summed E-state index contributed by atoms with van der Waals surface area (Å²) < 4.78 is 28.5. The standard InChI is InChI=1S/C13H22N4O3S.ClH/c1-9-4-3-5-17(12(9)7-14)21(19,20)10-6-11(13(15)18)16(2)8-10;/h6,8-9,12H,3-5,7,14H2,1-2H3,(H2,15,18);1H. The van der Waals surface area contributed by atoms with Crippen LogP contribution in [0.4, 0.5) is 0 Å². The van der Waals surface area contributed by atoms with Crippen molar-refractivity contribution >= 4 is 28.3 Å². The van der Waals surface area contributed by atoms with Crippen LogP contribution >= 0.6 is 12.4 Å². The number of sulfonamides is 1. The fraction of sp³-hybridized carbons (Fsp3) is 0.615. The molecule has 1 aliphatic heterocycles. The summed E-state index contributed by atoms with van der Waals surface area (Å²) in [5, 5.41) is 0. The van der Waals surface area contributed by atoms with Crippen molar-refractivity contribution in [3.8, 4) is 0 Å². The van der Waals surface area contributed by atoms with E-state index >= 15 is 0 Å². The molecule has 1 saturated heterocycles. The highest BCUT2D eigenvalue weighted by atomic mass is 35.5. The van der Waals surface area contributed by atoms with E-state index in [4.69, 9.17) is 11.5 Å². The zero-order valence-corrected chi connectivity index (χ0v) is 14.4. The average molecular weight is 351 g/mol. The molecule has 0 saturated carbocycles. The van der Waals surface area contributed by atoms with Crippen LogP contribution in [0.15, 0.2) is 17.2 Å². The summed E-state index contributed by atoms with van der Waals surface area (Å²) in [7, 11) is -2.07. The number of aryl methyl sites for hydroxylation is 1. The molecule has 0 aromatic carbocycles. The first-order valence-electron chi connectivity index (χ1n) is 6.97. The van der Waals surface area contributed by atoms with Gasteiger partial charge in [0.15, 0.2) is 0 Å². The van der Waals surface area contributed by atoms with E-state index in [0.717, 1.165) is 12.8 Å².